The fourth-order valence-electron chi connectivity index (χ4n) is 1.52. The van der Waals surface area contributed by atoms with Gasteiger partial charge in [0.1, 0.15) is 11.5 Å². The fraction of sp³-hybridized carbons (Fsp3) is 0.167. The van der Waals surface area contributed by atoms with Crippen molar-refractivity contribution in [3.05, 3.63) is 42.5 Å². The molecule has 0 saturated carbocycles. The van der Waals surface area contributed by atoms with E-state index in [0.29, 0.717) is 13.1 Å². The topological polar surface area (TPSA) is 87.4 Å². The molecule has 0 atom stereocenters. The molecule has 2 rings (SSSR count). The first kappa shape index (κ1) is 12.0. The number of hydrogen-bond acceptors (Lipinski definition) is 4. The van der Waals surface area contributed by atoms with Gasteiger partial charge in [0.2, 0.25) is 0 Å². The van der Waals surface area contributed by atoms with Crippen LogP contribution in [0.25, 0.3) is 0 Å². The van der Waals surface area contributed by atoms with E-state index in [1.807, 2.05) is 4.57 Å². The van der Waals surface area contributed by atoms with Crippen LogP contribution >= 0.6 is 0 Å². The maximum Gasteiger partial charge on any atom is 0.255 e. The number of aromatic nitrogens is 2. The molecule has 6 nitrogen and oxygen atoms in total. The summed E-state index contributed by atoms with van der Waals surface area (Å²) in [4.78, 5) is 15.6. The summed E-state index contributed by atoms with van der Waals surface area (Å²) in [5.41, 5.74) is 0.137. The molecule has 0 aliphatic heterocycles. The Morgan fingerprint density at radius 3 is 2.89 bits per heavy atom. The number of benzene rings is 1. The maximum absolute atomic E-state index is 11.7. The van der Waals surface area contributed by atoms with Crippen molar-refractivity contribution in [2.24, 2.45) is 0 Å². The standard InChI is InChI=1S/C12H13N3O3/c16-9-1-2-10(11(17)7-9)12(18)14-4-6-15-5-3-13-8-15/h1-3,5,7-8,16-17H,4,6H2,(H,14,18). The van der Waals surface area contributed by atoms with Crippen LogP contribution in [0.15, 0.2) is 36.9 Å². The number of nitrogens with one attached hydrogen (secondary N) is 1. The SMILES string of the molecule is O=C(NCCn1ccnc1)c1ccc(O)cc1O. The van der Waals surface area contributed by atoms with Gasteiger partial charge in [-0.25, -0.2) is 4.98 Å². The Bertz CT molecular complexity index is 538. The van der Waals surface area contributed by atoms with Crippen LogP contribution in [-0.4, -0.2) is 32.2 Å². The number of aromatic hydroxyl groups is 2. The lowest BCUT2D eigenvalue weighted by Gasteiger charge is -2.07. The molecule has 94 valence electrons. The van der Waals surface area contributed by atoms with E-state index in [1.165, 1.54) is 12.1 Å². The predicted molar refractivity (Wildman–Crippen MR) is 64.3 cm³/mol. The van der Waals surface area contributed by atoms with Crippen molar-refractivity contribution >= 4 is 5.91 Å². The minimum atomic E-state index is -0.382. The van der Waals surface area contributed by atoms with Gasteiger partial charge in [0.05, 0.1) is 11.9 Å². The van der Waals surface area contributed by atoms with Crippen molar-refractivity contribution in [1.29, 1.82) is 0 Å². The van der Waals surface area contributed by atoms with E-state index in [1.54, 1.807) is 18.7 Å². The summed E-state index contributed by atoms with van der Waals surface area (Å²) < 4.78 is 1.83. The van der Waals surface area contributed by atoms with Gasteiger partial charge in [-0.1, -0.05) is 0 Å². The average Bonchev–Trinajstić information content (AvgIpc) is 2.81. The van der Waals surface area contributed by atoms with Gasteiger partial charge in [0.25, 0.3) is 5.91 Å². The zero-order chi connectivity index (χ0) is 13.0. The van der Waals surface area contributed by atoms with E-state index in [9.17, 15) is 9.90 Å². The highest BCUT2D eigenvalue weighted by Crippen LogP contribution is 2.22. The van der Waals surface area contributed by atoms with E-state index < -0.39 is 0 Å². The molecule has 0 spiro atoms. The highest BCUT2D eigenvalue weighted by atomic mass is 16.3. The van der Waals surface area contributed by atoms with Crippen molar-refractivity contribution in [2.45, 2.75) is 6.54 Å². The third kappa shape index (κ3) is 2.79. The molecule has 0 aliphatic rings. The normalized spacial score (nSPS) is 10.2. The zero-order valence-electron chi connectivity index (χ0n) is 9.58. The summed E-state index contributed by atoms with van der Waals surface area (Å²) in [5, 5.41) is 21.3. The molecule has 1 aromatic heterocycles. The Hall–Kier alpha value is -2.50. The number of amides is 1. The first-order valence-electron chi connectivity index (χ1n) is 5.43. The second kappa shape index (κ2) is 5.22. The van der Waals surface area contributed by atoms with Gasteiger partial charge in [-0.05, 0) is 12.1 Å². The van der Waals surface area contributed by atoms with E-state index in [4.69, 9.17) is 5.11 Å². The lowest BCUT2D eigenvalue weighted by molar-refractivity contribution is 0.0949. The van der Waals surface area contributed by atoms with Gasteiger partial charge in [0.15, 0.2) is 0 Å². The van der Waals surface area contributed by atoms with Crippen LogP contribution in [0.4, 0.5) is 0 Å². The molecule has 0 fully saturated rings. The van der Waals surface area contributed by atoms with E-state index in [0.717, 1.165) is 6.07 Å². The molecule has 1 aromatic carbocycles. The summed E-state index contributed by atoms with van der Waals surface area (Å²) in [5.74, 6) is -0.704. The lowest BCUT2D eigenvalue weighted by atomic mass is 10.2. The number of rotatable bonds is 4. The third-order valence-electron chi connectivity index (χ3n) is 2.44. The van der Waals surface area contributed by atoms with E-state index in [-0.39, 0.29) is 23.0 Å². The highest BCUT2D eigenvalue weighted by molar-refractivity contribution is 5.96. The smallest absolute Gasteiger partial charge is 0.255 e. The zero-order valence-corrected chi connectivity index (χ0v) is 9.58. The van der Waals surface area contributed by atoms with Gasteiger partial charge in [-0.2, -0.15) is 0 Å². The minimum Gasteiger partial charge on any atom is -0.508 e. The number of nitrogens with zero attached hydrogens (tertiary/aromatic N) is 2. The Morgan fingerprint density at radius 1 is 1.39 bits per heavy atom. The summed E-state index contributed by atoms with van der Waals surface area (Å²) in [7, 11) is 0. The number of carbonyl (C=O) groups excluding carboxylic acids is 1. The average molecular weight is 247 g/mol. The van der Waals surface area contributed by atoms with Crippen LogP contribution in [-0.2, 0) is 6.54 Å². The van der Waals surface area contributed by atoms with Crippen LogP contribution in [0.2, 0.25) is 0 Å². The van der Waals surface area contributed by atoms with Crippen LogP contribution in [0.3, 0.4) is 0 Å². The minimum absolute atomic E-state index is 0.0811. The molecular weight excluding hydrogens is 234 g/mol. The summed E-state index contributed by atoms with van der Waals surface area (Å²) in [6.07, 6.45) is 5.11. The molecule has 0 saturated heterocycles. The molecule has 0 aliphatic carbocycles. The first-order chi connectivity index (χ1) is 8.66. The van der Waals surface area contributed by atoms with Gasteiger partial charge in [-0.15, -0.1) is 0 Å². The van der Waals surface area contributed by atoms with Crippen LogP contribution in [0.1, 0.15) is 10.4 Å². The lowest BCUT2D eigenvalue weighted by Crippen LogP contribution is -2.27. The van der Waals surface area contributed by atoms with Crippen molar-refractivity contribution in [2.75, 3.05) is 6.54 Å². The molecule has 3 N–H and O–H groups in total. The van der Waals surface area contributed by atoms with Crippen molar-refractivity contribution < 1.29 is 15.0 Å². The quantitative estimate of drug-likeness (QED) is 0.743. The Balaban J connectivity index is 1.91. The molecule has 1 amide bonds. The van der Waals surface area contributed by atoms with Gasteiger partial charge >= 0.3 is 0 Å². The van der Waals surface area contributed by atoms with Crippen molar-refractivity contribution in [1.82, 2.24) is 14.9 Å². The summed E-state index contributed by atoms with van der Waals surface area (Å²) >= 11 is 0. The van der Waals surface area contributed by atoms with Crippen LogP contribution in [0.5, 0.6) is 11.5 Å². The molecule has 2 aromatic rings. The number of phenolic OH excluding ortho intramolecular Hbond substituents is 2. The largest absolute Gasteiger partial charge is 0.508 e. The van der Waals surface area contributed by atoms with Gasteiger partial charge in [0, 0.05) is 31.5 Å². The van der Waals surface area contributed by atoms with Gasteiger partial charge < -0.3 is 20.1 Å². The molecule has 0 bridgehead atoms. The summed E-state index contributed by atoms with van der Waals surface area (Å²) in [6, 6.07) is 3.85. The second-order valence-electron chi connectivity index (χ2n) is 3.76. The fourth-order valence-corrected chi connectivity index (χ4v) is 1.52. The molecule has 18 heavy (non-hydrogen) atoms. The van der Waals surface area contributed by atoms with E-state index >= 15 is 0 Å². The molecule has 0 unspecified atom stereocenters. The number of carbonyl (C=O) groups is 1. The van der Waals surface area contributed by atoms with Crippen molar-refractivity contribution in [3.63, 3.8) is 0 Å². The highest BCUT2D eigenvalue weighted by Gasteiger charge is 2.10. The third-order valence-corrected chi connectivity index (χ3v) is 2.44. The van der Waals surface area contributed by atoms with Crippen LogP contribution in [0, 0.1) is 0 Å². The number of phenols is 2. The van der Waals surface area contributed by atoms with Crippen molar-refractivity contribution in [3.8, 4) is 11.5 Å². The second-order valence-corrected chi connectivity index (χ2v) is 3.76. The number of hydrogen-bond donors (Lipinski definition) is 3. The maximum atomic E-state index is 11.7. The molecule has 1 heterocycles. The van der Waals surface area contributed by atoms with Crippen LogP contribution < -0.4 is 5.32 Å². The Morgan fingerprint density at radius 2 is 2.22 bits per heavy atom. The summed E-state index contributed by atoms with van der Waals surface area (Å²) in [6.45, 7) is 1.03. The Kier molecular flexibility index (Phi) is 3.47. The molecule has 0 radical (unpaired) electrons. The first-order valence-corrected chi connectivity index (χ1v) is 5.43. The molecule has 6 heteroatoms. The Labute approximate surface area is 104 Å². The predicted octanol–water partition coefficient (Wildman–Crippen LogP) is 0.724. The van der Waals surface area contributed by atoms with E-state index in [2.05, 4.69) is 10.3 Å². The number of imidazole rings is 1. The monoisotopic (exact) mass is 247 g/mol. The van der Waals surface area contributed by atoms with Gasteiger partial charge in [-0.3, -0.25) is 4.79 Å². The molecular formula is C12H13N3O3.